The molecule has 1 amide bonds. The van der Waals surface area contributed by atoms with Crippen molar-refractivity contribution in [2.24, 2.45) is 5.73 Å². The maximum absolute atomic E-state index is 12.2. The number of alkyl halides is 3. The Morgan fingerprint density at radius 1 is 1.21 bits per heavy atom. The molecule has 0 radical (unpaired) electrons. The Labute approximate surface area is 164 Å². The number of rotatable bonds is 7. The number of halogens is 3. The second-order valence-electron chi connectivity index (χ2n) is 6.77. The normalized spacial score (nSPS) is 14.5. The first-order chi connectivity index (χ1) is 13.6. The van der Waals surface area contributed by atoms with Crippen LogP contribution in [-0.2, 0) is 0 Å². The standard InChI is InChI=1S/C18H20F3N5O3/c1-10(2)23-15-7-14(16(22)27)24-17(25-15)26-8-13(9-26)28-11-3-5-12(6-4-11)29-18(19,20)21/h3-7,10,13H,8-9H2,1-2H3,(H2,22,27)(H,23,24,25). The number of carbonyl (C=O) groups is 1. The van der Waals surface area contributed by atoms with Crippen molar-refractivity contribution in [2.45, 2.75) is 32.4 Å². The van der Waals surface area contributed by atoms with E-state index in [1.807, 2.05) is 18.7 Å². The highest BCUT2D eigenvalue weighted by atomic mass is 19.4. The minimum absolute atomic E-state index is 0.0998. The minimum Gasteiger partial charge on any atom is -0.487 e. The number of primary amides is 1. The van der Waals surface area contributed by atoms with E-state index in [4.69, 9.17) is 10.5 Å². The van der Waals surface area contributed by atoms with Gasteiger partial charge in [0.25, 0.3) is 5.91 Å². The third kappa shape index (κ3) is 5.62. The first kappa shape index (κ1) is 20.5. The van der Waals surface area contributed by atoms with Gasteiger partial charge in [0, 0.05) is 12.1 Å². The van der Waals surface area contributed by atoms with E-state index in [0.29, 0.717) is 30.6 Å². The lowest BCUT2D eigenvalue weighted by Crippen LogP contribution is -2.54. The second-order valence-corrected chi connectivity index (χ2v) is 6.77. The Balaban J connectivity index is 1.60. The molecule has 2 aromatic rings. The number of amides is 1. The summed E-state index contributed by atoms with van der Waals surface area (Å²) in [7, 11) is 0. The van der Waals surface area contributed by atoms with Crippen LogP contribution in [0.1, 0.15) is 24.3 Å². The van der Waals surface area contributed by atoms with Crippen LogP contribution in [0.4, 0.5) is 24.9 Å². The van der Waals surface area contributed by atoms with Gasteiger partial charge in [-0.1, -0.05) is 0 Å². The maximum atomic E-state index is 12.2. The van der Waals surface area contributed by atoms with Crippen LogP contribution >= 0.6 is 0 Å². The van der Waals surface area contributed by atoms with Crippen molar-refractivity contribution >= 4 is 17.7 Å². The lowest BCUT2D eigenvalue weighted by atomic mass is 10.2. The quantitative estimate of drug-likeness (QED) is 0.722. The van der Waals surface area contributed by atoms with Crippen LogP contribution in [0.2, 0.25) is 0 Å². The van der Waals surface area contributed by atoms with Crippen LogP contribution in [0.25, 0.3) is 0 Å². The average Bonchev–Trinajstić information content (AvgIpc) is 2.57. The highest BCUT2D eigenvalue weighted by Gasteiger charge is 2.32. The van der Waals surface area contributed by atoms with Gasteiger partial charge in [-0.2, -0.15) is 4.98 Å². The summed E-state index contributed by atoms with van der Waals surface area (Å²) in [5.74, 6) is 0.275. The molecule has 1 aliphatic heterocycles. The molecule has 3 N–H and O–H groups in total. The molecule has 1 aliphatic rings. The topological polar surface area (TPSA) is 103 Å². The summed E-state index contributed by atoms with van der Waals surface area (Å²) in [5, 5.41) is 3.11. The molecule has 0 atom stereocenters. The van der Waals surface area contributed by atoms with Gasteiger partial charge in [-0.3, -0.25) is 4.79 Å². The molecule has 0 saturated carbocycles. The van der Waals surface area contributed by atoms with Gasteiger partial charge < -0.3 is 25.4 Å². The predicted molar refractivity (Wildman–Crippen MR) is 99.1 cm³/mol. The molecule has 0 bridgehead atoms. The van der Waals surface area contributed by atoms with Gasteiger partial charge in [0.05, 0.1) is 13.1 Å². The molecule has 0 unspecified atom stereocenters. The summed E-state index contributed by atoms with van der Waals surface area (Å²) in [5.41, 5.74) is 5.44. The number of anilines is 2. The van der Waals surface area contributed by atoms with Crippen molar-refractivity contribution in [1.29, 1.82) is 0 Å². The van der Waals surface area contributed by atoms with Crippen LogP contribution in [-0.4, -0.2) is 47.5 Å². The summed E-state index contributed by atoms with van der Waals surface area (Å²) >= 11 is 0. The Hall–Kier alpha value is -3.24. The summed E-state index contributed by atoms with van der Waals surface area (Å²) in [6.07, 6.45) is -4.94. The first-order valence-corrected chi connectivity index (χ1v) is 8.82. The highest BCUT2D eigenvalue weighted by Crippen LogP contribution is 2.27. The van der Waals surface area contributed by atoms with Crippen LogP contribution in [0.15, 0.2) is 30.3 Å². The molecule has 1 aromatic carbocycles. The molecule has 1 saturated heterocycles. The number of nitrogens with one attached hydrogen (secondary N) is 1. The molecule has 1 fully saturated rings. The summed E-state index contributed by atoms with van der Waals surface area (Å²) in [6.45, 7) is 4.77. The van der Waals surface area contributed by atoms with E-state index >= 15 is 0 Å². The Bertz CT molecular complexity index is 868. The summed E-state index contributed by atoms with van der Waals surface area (Å²) in [4.78, 5) is 21.9. The smallest absolute Gasteiger partial charge is 0.487 e. The summed E-state index contributed by atoms with van der Waals surface area (Å²) < 4.78 is 46.1. The van der Waals surface area contributed by atoms with Crippen LogP contribution in [0.5, 0.6) is 11.5 Å². The zero-order chi connectivity index (χ0) is 21.2. The van der Waals surface area contributed by atoms with E-state index < -0.39 is 12.3 Å². The van der Waals surface area contributed by atoms with Gasteiger partial charge in [0.2, 0.25) is 5.95 Å². The molecular formula is C18H20F3N5O3. The lowest BCUT2D eigenvalue weighted by Gasteiger charge is -2.39. The number of aromatic nitrogens is 2. The Morgan fingerprint density at radius 2 is 1.83 bits per heavy atom. The third-order valence-electron chi connectivity index (χ3n) is 3.89. The van der Waals surface area contributed by atoms with Crippen LogP contribution in [0, 0.1) is 0 Å². The van der Waals surface area contributed by atoms with Crippen LogP contribution in [0.3, 0.4) is 0 Å². The zero-order valence-corrected chi connectivity index (χ0v) is 15.7. The maximum Gasteiger partial charge on any atom is 0.573 e. The van der Waals surface area contributed by atoms with Crippen molar-refractivity contribution in [3.05, 3.63) is 36.0 Å². The number of hydrogen-bond donors (Lipinski definition) is 2. The highest BCUT2D eigenvalue weighted by molar-refractivity contribution is 5.91. The van der Waals surface area contributed by atoms with E-state index in [0.717, 1.165) is 0 Å². The fraction of sp³-hybridized carbons (Fsp3) is 0.389. The van der Waals surface area contributed by atoms with Gasteiger partial charge in [0.1, 0.15) is 29.1 Å². The molecule has 8 nitrogen and oxygen atoms in total. The van der Waals surface area contributed by atoms with E-state index in [1.54, 1.807) is 0 Å². The number of ether oxygens (including phenoxy) is 2. The first-order valence-electron chi connectivity index (χ1n) is 8.82. The van der Waals surface area contributed by atoms with Crippen molar-refractivity contribution in [2.75, 3.05) is 23.3 Å². The molecular weight excluding hydrogens is 391 g/mol. The molecule has 2 heterocycles. The van der Waals surface area contributed by atoms with E-state index in [-0.39, 0.29) is 23.6 Å². The largest absolute Gasteiger partial charge is 0.573 e. The number of benzene rings is 1. The fourth-order valence-corrected chi connectivity index (χ4v) is 2.66. The molecule has 11 heteroatoms. The van der Waals surface area contributed by atoms with Gasteiger partial charge in [-0.25, -0.2) is 4.98 Å². The van der Waals surface area contributed by atoms with E-state index in [2.05, 4.69) is 20.0 Å². The van der Waals surface area contributed by atoms with Gasteiger partial charge in [-0.05, 0) is 38.1 Å². The number of hydrogen-bond acceptors (Lipinski definition) is 7. The molecule has 3 rings (SSSR count). The average molecular weight is 411 g/mol. The fourth-order valence-electron chi connectivity index (χ4n) is 2.66. The summed E-state index contributed by atoms with van der Waals surface area (Å²) in [6, 6.07) is 6.77. The van der Waals surface area contributed by atoms with Gasteiger partial charge in [0.15, 0.2) is 0 Å². The van der Waals surface area contributed by atoms with Gasteiger partial charge in [-0.15, -0.1) is 13.2 Å². The molecule has 1 aromatic heterocycles. The Kier molecular flexibility index (Phi) is 5.66. The van der Waals surface area contributed by atoms with Crippen molar-refractivity contribution in [3.8, 4) is 11.5 Å². The Morgan fingerprint density at radius 3 is 2.38 bits per heavy atom. The second kappa shape index (κ2) is 8.02. The molecule has 156 valence electrons. The number of nitrogens with zero attached hydrogens (tertiary/aromatic N) is 3. The van der Waals surface area contributed by atoms with Crippen molar-refractivity contribution in [3.63, 3.8) is 0 Å². The van der Waals surface area contributed by atoms with Gasteiger partial charge >= 0.3 is 6.36 Å². The molecule has 0 spiro atoms. The SMILES string of the molecule is CC(C)Nc1cc(C(N)=O)nc(N2CC(Oc3ccc(OC(F)(F)F)cc3)C2)n1. The molecule has 29 heavy (non-hydrogen) atoms. The number of carbonyl (C=O) groups excluding carboxylic acids is 1. The van der Waals surface area contributed by atoms with E-state index in [1.165, 1.54) is 30.3 Å². The van der Waals surface area contributed by atoms with E-state index in [9.17, 15) is 18.0 Å². The lowest BCUT2D eigenvalue weighted by molar-refractivity contribution is -0.274. The minimum atomic E-state index is -4.74. The third-order valence-corrected chi connectivity index (χ3v) is 3.89. The van der Waals surface area contributed by atoms with Crippen molar-refractivity contribution in [1.82, 2.24) is 9.97 Å². The number of nitrogens with two attached hydrogens (primary N) is 1. The monoisotopic (exact) mass is 411 g/mol. The van der Waals surface area contributed by atoms with Crippen molar-refractivity contribution < 1.29 is 27.4 Å². The molecule has 0 aliphatic carbocycles. The van der Waals surface area contributed by atoms with Crippen LogP contribution < -0.4 is 25.4 Å². The zero-order valence-electron chi connectivity index (χ0n) is 15.7. The predicted octanol–water partition coefficient (Wildman–Crippen LogP) is 2.56.